The quantitative estimate of drug-likeness (QED) is 0.276. The second-order valence-corrected chi connectivity index (χ2v) is 9.48. The highest BCUT2D eigenvalue weighted by Crippen LogP contribution is 2.39. The number of ether oxygens (including phenoxy) is 2. The summed E-state index contributed by atoms with van der Waals surface area (Å²) in [4.78, 5) is 32.6. The Hall–Kier alpha value is -3.02. The molecule has 0 unspecified atom stereocenters. The number of hydrogen-bond donors (Lipinski definition) is 0. The van der Waals surface area contributed by atoms with Gasteiger partial charge < -0.3 is 14.4 Å². The molecule has 32 heavy (non-hydrogen) atoms. The molecule has 1 amide bonds. The van der Waals surface area contributed by atoms with Crippen molar-refractivity contribution in [2.24, 2.45) is 0 Å². The van der Waals surface area contributed by atoms with Crippen LogP contribution in [0.1, 0.15) is 11.3 Å². The molecule has 1 aliphatic heterocycles. The highest BCUT2D eigenvalue weighted by atomic mass is 32.1. The topological polar surface area (TPSA) is 98.0 Å². The first-order chi connectivity index (χ1) is 15.4. The van der Waals surface area contributed by atoms with Crippen LogP contribution in [-0.2, 0) is 4.79 Å². The molecule has 0 atom stereocenters. The van der Waals surface area contributed by atoms with Crippen molar-refractivity contribution in [3.8, 4) is 11.5 Å². The van der Waals surface area contributed by atoms with Crippen molar-refractivity contribution >= 4 is 55.0 Å². The summed E-state index contributed by atoms with van der Waals surface area (Å²) in [7, 11) is 3.97. The summed E-state index contributed by atoms with van der Waals surface area (Å²) in [6.07, 6.45) is 3.82. The number of hydrogen-bond acceptors (Lipinski definition) is 9. The zero-order valence-corrected chi connectivity index (χ0v) is 19.3. The van der Waals surface area contributed by atoms with E-state index in [1.54, 1.807) is 17.0 Å². The average molecular weight is 475 g/mol. The van der Waals surface area contributed by atoms with Gasteiger partial charge in [0.25, 0.3) is 5.91 Å². The third kappa shape index (κ3) is 5.06. The fourth-order valence-electron chi connectivity index (χ4n) is 3.19. The second-order valence-electron chi connectivity index (χ2n) is 7.37. The number of aromatic nitrogens is 1. The molecule has 3 heterocycles. The molecule has 0 fully saturated rings. The van der Waals surface area contributed by atoms with E-state index in [1.807, 2.05) is 26.2 Å². The van der Waals surface area contributed by atoms with Gasteiger partial charge in [-0.1, -0.05) is 22.7 Å². The monoisotopic (exact) mass is 474 g/mol. The number of thiazole rings is 1. The van der Waals surface area contributed by atoms with Gasteiger partial charge in [0.15, 0.2) is 16.6 Å². The van der Waals surface area contributed by atoms with Gasteiger partial charge in [0.2, 0.25) is 0 Å². The molecule has 0 aliphatic carbocycles. The number of thiophene rings is 1. The molecule has 9 nitrogen and oxygen atoms in total. The number of carbonyl (C=O) groups excluding carboxylic acids is 1. The molecule has 1 aliphatic rings. The van der Waals surface area contributed by atoms with Crippen LogP contribution < -0.4 is 14.4 Å². The van der Waals surface area contributed by atoms with Crippen LogP contribution in [0, 0.1) is 10.1 Å². The third-order valence-corrected chi connectivity index (χ3v) is 6.75. The smallest absolute Gasteiger partial charge is 0.324 e. The summed E-state index contributed by atoms with van der Waals surface area (Å²) in [6, 6.07) is 6.80. The molecule has 0 radical (unpaired) electrons. The first-order valence-electron chi connectivity index (χ1n) is 9.99. The molecule has 1 aromatic carbocycles. The van der Waals surface area contributed by atoms with Crippen molar-refractivity contribution < 1.29 is 19.2 Å². The van der Waals surface area contributed by atoms with E-state index in [4.69, 9.17) is 9.47 Å². The summed E-state index contributed by atoms with van der Waals surface area (Å²) < 4.78 is 12.2. The Balaban J connectivity index is 1.59. The summed E-state index contributed by atoms with van der Waals surface area (Å²) in [5, 5.41) is 11.5. The number of nitrogens with zero attached hydrogens (tertiary/aromatic N) is 4. The Morgan fingerprint density at radius 1 is 1.19 bits per heavy atom. The molecule has 168 valence electrons. The minimum absolute atomic E-state index is 0.0412. The van der Waals surface area contributed by atoms with Crippen molar-refractivity contribution in [3.63, 3.8) is 0 Å². The van der Waals surface area contributed by atoms with Crippen molar-refractivity contribution in [2.75, 3.05) is 45.3 Å². The van der Waals surface area contributed by atoms with E-state index in [-0.39, 0.29) is 10.9 Å². The molecule has 0 bridgehead atoms. The highest BCUT2D eigenvalue weighted by Gasteiger charge is 2.21. The Morgan fingerprint density at radius 3 is 2.62 bits per heavy atom. The first-order valence-corrected chi connectivity index (χ1v) is 11.6. The van der Waals surface area contributed by atoms with Gasteiger partial charge in [-0.05, 0) is 39.2 Å². The summed E-state index contributed by atoms with van der Waals surface area (Å²) in [5.74, 6) is 1.12. The van der Waals surface area contributed by atoms with Crippen LogP contribution in [-0.4, -0.2) is 61.1 Å². The molecule has 11 heteroatoms. The Morgan fingerprint density at radius 2 is 1.94 bits per heavy atom. The molecular formula is C21H22N4O5S2. The summed E-state index contributed by atoms with van der Waals surface area (Å²) in [6.45, 7) is 2.32. The number of anilines is 1. The minimum Gasteiger partial charge on any atom is -0.486 e. The molecule has 0 saturated heterocycles. The van der Waals surface area contributed by atoms with E-state index >= 15 is 0 Å². The van der Waals surface area contributed by atoms with Crippen molar-refractivity contribution in [1.82, 2.24) is 9.88 Å². The Bertz CT molecular complexity index is 1130. The predicted octanol–water partition coefficient (Wildman–Crippen LogP) is 4.04. The van der Waals surface area contributed by atoms with E-state index in [0.29, 0.717) is 41.3 Å². The van der Waals surface area contributed by atoms with Crippen molar-refractivity contribution in [3.05, 3.63) is 45.3 Å². The van der Waals surface area contributed by atoms with E-state index in [2.05, 4.69) is 9.88 Å². The van der Waals surface area contributed by atoms with E-state index in [1.165, 1.54) is 23.5 Å². The van der Waals surface area contributed by atoms with Gasteiger partial charge in [-0.25, -0.2) is 4.98 Å². The lowest BCUT2D eigenvalue weighted by molar-refractivity contribution is -0.380. The van der Waals surface area contributed by atoms with Crippen LogP contribution in [0.15, 0.2) is 30.3 Å². The fraction of sp³-hybridized carbons (Fsp3) is 0.333. The fourth-order valence-corrected chi connectivity index (χ4v) is 4.92. The predicted molar refractivity (Wildman–Crippen MR) is 126 cm³/mol. The van der Waals surface area contributed by atoms with E-state index in [9.17, 15) is 14.9 Å². The SMILES string of the molecule is CN(C)CCCN(C(=O)C=Cc1ccc([N+](=O)[O-])s1)c1nc2cc3c(cc2s1)OCCO3. The maximum Gasteiger partial charge on any atom is 0.324 e. The van der Waals surface area contributed by atoms with E-state index < -0.39 is 4.92 Å². The van der Waals surface area contributed by atoms with Crippen LogP contribution >= 0.6 is 22.7 Å². The molecule has 0 saturated carbocycles. The third-order valence-electron chi connectivity index (χ3n) is 4.71. The van der Waals surface area contributed by atoms with Gasteiger partial charge in [-0.2, -0.15) is 0 Å². The van der Waals surface area contributed by atoms with Crippen molar-refractivity contribution in [1.29, 1.82) is 0 Å². The first kappa shape index (κ1) is 22.2. The molecule has 4 rings (SSSR count). The number of fused-ring (bicyclic) bond motifs is 2. The largest absolute Gasteiger partial charge is 0.486 e. The van der Waals surface area contributed by atoms with Gasteiger partial charge in [-0.3, -0.25) is 19.8 Å². The second kappa shape index (κ2) is 9.63. The van der Waals surface area contributed by atoms with Crippen LogP contribution in [0.2, 0.25) is 0 Å². The number of carbonyl (C=O) groups is 1. The number of amides is 1. The van der Waals surface area contributed by atoms with Gasteiger partial charge in [0, 0.05) is 35.7 Å². The van der Waals surface area contributed by atoms with E-state index in [0.717, 1.165) is 34.5 Å². The van der Waals surface area contributed by atoms with Crippen LogP contribution in [0.25, 0.3) is 16.3 Å². The summed E-state index contributed by atoms with van der Waals surface area (Å²) >= 11 is 2.45. The molecule has 0 N–H and O–H groups in total. The number of nitro groups is 1. The highest BCUT2D eigenvalue weighted by molar-refractivity contribution is 7.22. The average Bonchev–Trinajstić information content (AvgIpc) is 3.40. The van der Waals surface area contributed by atoms with Crippen LogP contribution in [0.3, 0.4) is 0 Å². The lowest BCUT2D eigenvalue weighted by Gasteiger charge is -2.19. The van der Waals surface area contributed by atoms with Gasteiger partial charge in [-0.15, -0.1) is 0 Å². The summed E-state index contributed by atoms with van der Waals surface area (Å²) in [5.41, 5.74) is 0.748. The standard InChI is InChI=1S/C21H22N4O5S2/c1-23(2)8-3-9-24(19(26)6-4-14-5-7-20(31-14)25(27)28)21-22-15-12-16-17(13-18(15)32-21)30-11-10-29-16/h4-7,12-13H,3,8-11H2,1-2H3. The Kier molecular flexibility index (Phi) is 6.68. The van der Waals surface area contributed by atoms with Gasteiger partial charge >= 0.3 is 5.00 Å². The van der Waals surface area contributed by atoms with Gasteiger partial charge in [0.05, 0.1) is 15.1 Å². The normalized spacial score (nSPS) is 13.2. The molecule has 0 spiro atoms. The minimum atomic E-state index is -0.439. The lowest BCUT2D eigenvalue weighted by atomic mass is 10.3. The number of rotatable bonds is 8. The van der Waals surface area contributed by atoms with Crippen LogP contribution in [0.4, 0.5) is 10.1 Å². The zero-order chi connectivity index (χ0) is 22.7. The zero-order valence-electron chi connectivity index (χ0n) is 17.6. The van der Waals surface area contributed by atoms with Crippen LogP contribution in [0.5, 0.6) is 11.5 Å². The maximum absolute atomic E-state index is 13.1. The number of benzene rings is 1. The molecule has 3 aromatic rings. The van der Waals surface area contributed by atoms with Gasteiger partial charge in [0.1, 0.15) is 13.2 Å². The molecule has 2 aromatic heterocycles. The van der Waals surface area contributed by atoms with Crippen molar-refractivity contribution in [2.45, 2.75) is 6.42 Å². The Labute approximate surface area is 192 Å². The maximum atomic E-state index is 13.1. The molecular weight excluding hydrogens is 452 g/mol. The lowest BCUT2D eigenvalue weighted by Crippen LogP contribution is -2.32.